The molecule has 0 radical (unpaired) electrons. The molecule has 5 fully saturated rings. The molecule has 0 bridgehead atoms. The van der Waals surface area contributed by atoms with E-state index in [9.17, 15) is 19.2 Å². The maximum Gasteiger partial charge on any atom is 0.307 e. The Morgan fingerprint density at radius 2 is 1.50 bits per heavy atom. The number of cyclic esters (lactones) is 1. The largest absolute Gasteiger partial charge is 0.463 e. The molecule has 5 rings (SSSR count). The van der Waals surface area contributed by atoms with Crippen molar-refractivity contribution in [3.05, 3.63) is 0 Å². The number of carbonyl (C=O) groups excluding carboxylic acids is 4. The third-order valence-electron chi connectivity index (χ3n) is 12.5. The topological polar surface area (TPSA) is 96.0 Å². The molecule has 12 atom stereocenters. The highest BCUT2D eigenvalue weighted by Crippen LogP contribution is 2.69. The Morgan fingerprint density at radius 3 is 2.15 bits per heavy atom. The van der Waals surface area contributed by atoms with Crippen molar-refractivity contribution in [1.82, 2.24) is 0 Å². The predicted molar refractivity (Wildman–Crippen MR) is 149 cm³/mol. The summed E-state index contributed by atoms with van der Waals surface area (Å²) in [4.78, 5) is 50.0. The van der Waals surface area contributed by atoms with Gasteiger partial charge in [0.1, 0.15) is 12.2 Å². The summed E-state index contributed by atoms with van der Waals surface area (Å²) in [5.41, 5.74) is 0.0844. The van der Waals surface area contributed by atoms with Crippen LogP contribution in [-0.2, 0) is 33.4 Å². The van der Waals surface area contributed by atoms with Crippen LogP contribution in [0.3, 0.4) is 0 Å². The van der Waals surface area contributed by atoms with Gasteiger partial charge in [-0.3, -0.25) is 19.2 Å². The second kappa shape index (κ2) is 10.7. The van der Waals surface area contributed by atoms with E-state index in [4.69, 9.17) is 14.2 Å². The predicted octanol–water partition coefficient (Wildman–Crippen LogP) is 5.91. The third-order valence-corrected chi connectivity index (χ3v) is 12.5. The number of ether oxygens (including phenoxy) is 3. The fourth-order valence-corrected chi connectivity index (χ4v) is 10.7. The van der Waals surface area contributed by atoms with E-state index in [1.54, 1.807) is 0 Å². The lowest BCUT2D eigenvalue weighted by atomic mass is 9.43. The van der Waals surface area contributed by atoms with E-state index in [1.807, 2.05) is 13.8 Å². The number of carbonyl (C=O) groups is 4. The highest BCUT2D eigenvalue weighted by atomic mass is 16.6. The Balaban J connectivity index is 1.39. The summed E-state index contributed by atoms with van der Waals surface area (Å²) in [7, 11) is 0. The van der Waals surface area contributed by atoms with Crippen LogP contribution in [0.2, 0.25) is 0 Å². The minimum atomic E-state index is -0.648. The van der Waals surface area contributed by atoms with E-state index in [-0.39, 0.29) is 76.8 Å². The highest BCUT2D eigenvalue weighted by Gasteiger charge is 2.64. The van der Waals surface area contributed by atoms with Crippen molar-refractivity contribution in [2.45, 2.75) is 125 Å². The maximum atomic E-state index is 13.5. The van der Waals surface area contributed by atoms with Crippen molar-refractivity contribution in [2.24, 2.45) is 58.2 Å². The van der Waals surface area contributed by atoms with Gasteiger partial charge in [0.2, 0.25) is 0 Å². The second-order valence-corrected chi connectivity index (χ2v) is 14.8. The molecule has 1 saturated heterocycles. The van der Waals surface area contributed by atoms with Gasteiger partial charge in [-0.2, -0.15) is 0 Å². The fourth-order valence-electron chi connectivity index (χ4n) is 10.7. The van der Waals surface area contributed by atoms with Crippen molar-refractivity contribution in [3.63, 3.8) is 0 Å². The highest BCUT2D eigenvalue weighted by molar-refractivity contribution is 5.93. The lowest BCUT2D eigenvalue weighted by Gasteiger charge is -2.62. The normalized spacial score (nSPS) is 45.5. The Kier molecular flexibility index (Phi) is 7.93. The maximum absolute atomic E-state index is 13.5. The molecule has 7 nitrogen and oxygen atoms in total. The van der Waals surface area contributed by atoms with Gasteiger partial charge in [-0.25, -0.2) is 0 Å². The zero-order valence-corrected chi connectivity index (χ0v) is 25.6. The van der Waals surface area contributed by atoms with Crippen LogP contribution in [0.15, 0.2) is 0 Å². The summed E-state index contributed by atoms with van der Waals surface area (Å²) >= 11 is 0. The van der Waals surface area contributed by atoms with Crippen molar-refractivity contribution < 1.29 is 33.4 Å². The van der Waals surface area contributed by atoms with Crippen LogP contribution in [0, 0.1) is 58.2 Å². The number of hydrogen-bond acceptors (Lipinski definition) is 7. The van der Waals surface area contributed by atoms with Gasteiger partial charge in [0.05, 0.1) is 6.42 Å². The van der Waals surface area contributed by atoms with E-state index in [0.717, 1.165) is 51.4 Å². The molecule has 1 heterocycles. The molecule has 0 amide bonds. The molecule has 0 spiro atoms. The lowest BCUT2D eigenvalue weighted by Crippen LogP contribution is -2.59. The molecule has 0 aromatic rings. The molecule has 5 aliphatic rings. The Labute approximate surface area is 239 Å². The molecule has 4 aliphatic carbocycles. The second-order valence-electron chi connectivity index (χ2n) is 14.8. The summed E-state index contributed by atoms with van der Waals surface area (Å²) in [6.07, 6.45) is 7.05. The summed E-state index contributed by atoms with van der Waals surface area (Å²) in [5, 5.41) is 0. The van der Waals surface area contributed by atoms with Crippen LogP contribution < -0.4 is 0 Å². The van der Waals surface area contributed by atoms with Crippen LogP contribution in [0.5, 0.6) is 0 Å². The first kappa shape index (κ1) is 29.6. The van der Waals surface area contributed by atoms with Crippen LogP contribution in [0.25, 0.3) is 0 Å². The molecule has 0 N–H and O–H groups in total. The first-order valence-electron chi connectivity index (χ1n) is 15.8. The van der Waals surface area contributed by atoms with E-state index < -0.39 is 6.10 Å². The van der Waals surface area contributed by atoms with Gasteiger partial charge in [-0.15, -0.1) is 0 Å². The van der Waals surface area contributed by atoms with Gasteiger partial charge in [-0.1, -0.05) is 34.6 Å². The molecule has 7 heteroatoms. The van der Waals surface area contributed by atoms with Gasteiger partial charge in [0, 0.05) is 31.6 Å². The minimum absolute atomic E-state index is 0.0140. The molecule has 0 aromatic carbocycles. The molecule has 40 heavy (non-hydrogen) atoms. The summed E-state index contributed by atoms with van der Waals surface area (Å²) in [6.45, 7) is 14.0. The Morgan fingerprint density at radius 1 is 0.850 bits per heavy atom. The van der Waals surface area contributed by atoms with Gasteiger partial charge in [-0.05, 0) is 91.8 Å². The van der Waals surface area contributed by atoms with Gasteiger partial charge >= 0.3 is 17.9 Å². The summed E-state index contributed by atoms with van der Waals surface area (Å²) in [5.74, 6) is 1.20. The van der Waals surface area contributed by atoms with Crippen LogP contribution in [0.4, 0.5) is 0 Å². The van der Waals surface area contributed by atoms with Gasteiger partial charge in [0.25, 0.3) is 0 Å². The molecule has 224 valence electrons. The van der Waals surface area contributed by atoms with Crippen molar-refractivity contribution in [2.75, 3.05) is 0 Å². The smallest absolute Gasteiger partial charge is 0.307 e. The van der Waals surface area contributed by atoms with E-state index >= 15 is 0 Å². The zero-order valence-electron chi connectivity index (χ0n) is 25.6. The molecular formula is C33H50O7. The number of fused-ring (bicyclic) bond motifs is 5. The number of esters is 3. The summed E-state index contributed by atoms with van der Waals surface area (Å²) < 4.78 is 17.5. The third kappa shape index (κ3) is 4.91. The molecule has 0 unspecified atom stereocenters. The average molecular weight is 559 g/mol. The Bertz CT molecular complexity index is 1040. The first-order chi connectivity index (χ1) is 18.8. The van der Waals surface area contributed by atoms with Crippen LogP contribution in [-0.4, -0.2) is 42.0 Å². The summed E-state index contributed by atoms with van der Waals surface area (Å²) in [6, 6.07) is 0. The molecule has 1 aliphatic heterocycles. The fraction of sp³-hybridized carbons (Fsp3) is 0.879. The van der Waals surface area contributed by atoms with E-state index in [0.29, 0.717) is 23.7 Å². The van der Waals surface area contributed by atoms with E-state index in [1.165, 1.54) is 13.8 Å². The number of Topliss-reactive ketones (excluding diaryl/α,β-unsaturated/α-hetero) is 1. The standard InChI is InChI=1S/C33H50O7/c1-17(2)22-16-29(36)40-31(30(22)37)18(3)24-8-9-25-23-15-28(39-20(5)35)27-14-21(38-19(4)34)10-12-33(27,7)26(23)11-13-32(24,25)6/h17-18,21-28,31H,8-16H2,1-7H3/t18-,21+,22-,23-,24+,25-,26-,27-,28-,31+,32+,33+/m0/s1. The molecule has 4 saturated carbocycles. The number of ketones is 1. The van der Waals surface area contributed by atoms with Gasteiger partial charge in [0.15, 0.2) is 11.9 Å². The van der Waals surface area contributed by atoms with Crippen LogP contribution in [0.1, 0.15) is 106 Å². The minimum Gasteiger partial charge on any atom is -0.463 e. The van der Waals surface area contributed by atoms with E-state index in [2.05, 4.69) is 20.8 Å². The monoisotopic (exact) mass is 558 g/mol. The lowest BCUT2D eigenvalue weighted by molar-refractivity contribution is -0.198. The Hall–Kier alpha value is -1.92. The van der Waals surface area contributed by atoms with Crippen molar-refractivity contribution in [1.29, 1.82) is 0 Å². The number of rotatable bonds is 5. The quantitative estimate of drug-likeness (QED) is 0.306. The van der Waals surface area contributed by atoms with Crippen molar-refractivity contribution in [3.8, 4) is 0 Å². The zero-order chi connectivity index (χ0) is 29.1. The molecule has 0 aromatic heterocycles. The number of hydrogen-bond donors (Lipinski definition) is 0. The van der Waals surface area contributed by atoms with Crippen LogP contribution >= 0.6 is 0 Å². The van der Waals surface area contributed by atoms with Gasteiger partial charge < -0.3 is 14.2 Å². The first-order valence-corrected chi connectivity index (χ1v) is 15.8. The molecular weight excluding hydrogens is 508 g/mol. The van der Waals surface area contributed by atoms with Crippen molar-refractivity contribution >= 4 is 23.7 Å². The average Bonchev–Trinajstić information content (AvgIpc) is 3.22. The SMILES string of the molecule is CC(=O)O[C@@H]1CC[C@]2(C)[C@H]3CC[C@]4(C)[C@@H]([C@H](C)[C@H]5OC(=O)C[C@@H](C(C)C)C5=O)CC[C@H]4[C@@H]3C[C@H](OC(C)=O)[C@@H]2C1.